The van der Waals surface area contributed by atoms with E-state index < -0.39 is 37.0 Å². The number of hydrogen-bond donors (Lipinski definition) is 6. The summed E-state index contributed by atoms with van der Waals surface area (Å²) in [6, 6.07) is 6.93. The molecule has 1 aliphatic heterocycles. The Morgan fingerprint density at radius 2 is 1.31 bits per heavy atom. The van der Waals surface area contributed by atoms with Crippen molar-refractivity contribution in [2.75, 3.05) is 31.9 Å². The summed E-state index contributed by atoms with van der Waals surface area (Å²) in [6.07, 6.45) is 1.44. The molecule has 13 heteroatoms. The summed E-state index contributed by atoms with van der Waals surface area (Å²) < 4.78 is 0. The van der Waals surface area contributed by atoms with Crippen molar-refractivity contribution in [1.82, 2.24) is 20.7 Å². The molecule has 1 aromatic carbocycles. The van der Waals surface area contributed by atoms with Crippen molar-refractivity contribution in [3.05, 3.63) is 29.8 Å². The lowest BCUT2D eigenvalue weighted by molar-refractivity contribution is -0.169. The lowest BCUT2D eigenvalue weighted by atomic mass is 9.88. The van der Waals surface area contributed by atoms with Gasteiger partial charge in [0.25, 0.3) is 0 Å². The summed E-state index contributed by atoms with van der Waals surface area (Å²) in [5.74, 6) is -4.70. The molecule has 36 heavy (non-hydrogen) atoms. The van der Waals surface area contributed by atoms with Gasteiger partial charge in [-0.2, -0.15) is 10.7 Å². The van der Waals surface area contributed by atoms with Crippen LogP contribution >= 0.6 is 0 Å². The van der Waals surface area contributed by atoms with Gasteiger partial charge in [0.1, 0.15) is 13.1 Å². The Morgan fingerprint density at radius 3 is 1.81 bits per heavy atom. The molecule has 1 heterocycles. The summed E-state index contributed by atoms with van der Waals surface area (Å²) in [5, 5.41) is 42.1. The lowest BCUT2D eigenvalue weighted by Crippen LogP contribution is -2.59. The minimum atomic E-state index is -1.11. The number of carboxylic acids is 4. The molecule has 2 rings (SSSR count). The van der Waals surface area contributed by atoms with Crippen LogP contribution in [-0.2, 0) is 25.7 Å². The quantitative estimate of drug-likeness (QED) is 0.244. The van der Waals surface area contributed by atoms with Gasteiger partial charge in [-0.3, -0.25) is 19.2 Å². The number of nitrogens with two attached hydrogens (primary N) is 1. The normalized spacial score (nSPS) is 21.2. The minimum Gasteiger partial charge on any atom is -0.481 e. The van der Waals surface area contributed by atoms with Crippen molar-refractivity contribution in [2.24, 2.45) is 11.8 Å². The molecule has 0 spiro atoms. The summed E-state index contributed by atoms with van der Waals surface area (Å²) >= 11 is 0. The molecule has 0 radical (unpaired) electrons. The number of hydrazine groups is 3. The third kappa shape index (κ3) is 11.0. The predicted octanol–water partition coefficient (Wildman–Crippen LogP) is 0.934. The molecule has 2 atom stereocenters. The maximum Gasteiger partial charge on any atom is 0.319 e. The van der Waals surface area contributed by atoms with Crippen LogP contribution in [0.15, 0.2) is 24.3 Å². The highest BCUT2D eigenvalue weighted by Crippen LogP contribution is 2.25. The first-order valence-corrected chi connectivity index (χ1v) is 11.8. The number of nitrogens with one attached hydrogen (secondary N) is 1. The first-order valence-electron chi connectivity index (χ1n) is 11.8. The standard InChI is InChI=1S/C23H35N5O8/c24-19-5-3-18(4-6-19)13-28-25-26(14-22(33)34)9-7-16(11-20(29)30)1-2-17(12-21(31)32)8-10-27(28)15-23(35)36/h3-6,16-17,25H,1-2,7-15,24H2,(H,29,30)(H,31,32)(H,33,34)(H,35,36)/t16-,17?/m0/s1. The van der Waals surface area contributed by atoms with Gasteiger partial charge in [0.15, 0.2) is 0 Å². The lowest BCUT2D eigenvalue weighted by Gasteiger charge is -2.39. The number of carboxylic acid groups (broad SMARTS) is 4. The molecule has 0 amide bonds. The Labute approximate surface area is 209 Å². The summed E-state index contributed by atoms with van der Waals surface area (Å²) in [4.78, 5) is 46.0. The Balaban J connectivity index is 2.38. The van der Waals surface area contributed by atoms with Crippen molar-refractivity contribution in [2.45, 2.75) is 45.1 Å². The Hall–Kier alpha value is -3.26. The highest BCUT2D eigenvalue weighted by molar-refractivity contribution is 5.69. The summed E-state index contributed by atoms with van der Waals surface area (Å²) in [6.45, 7) is -0.250. The van der Waals surface area contributed by atoms with Gasteiger partial charge in [-0.05, 0) is 55.2 Å². The maximum absolute atomic E-state index is 11.7. The van der Waals surface area contributed by atoms with Gasteiger partial charge in [0.05, 0.1) is 6.54 Å². The molecule has 1 unspecified atom stereocenters. The second kappa shape index (κ2) is 14.3. The second-order valence-corrected chi connectivity index (χ2v) is 9.08. The molecule has 7 N–H and O–H groups in total. The van der Waals surface area contributed by atoms with E-state index in [9.17, 15) is 39.6 Å². The van der Waals surface area contributed by atoms with Crippen LogP contribution in [0.5, 0.6) is 0 Å². The monoisotopic (exact) mass is 509 g/mol. The highest BCUT2D eigenvalue weighted by atomic mass is 16.4. The van der Waals surface area contributed by atoms with Gasteiger partial charge in [-0.1, -0.05) is 12.1 Å². The van der Waals surface area contributed by atoms with Gasteiger partial charge in [-0.25, -0.2) is 10.0 Å². The zero-order valence-electron chi connectivity index (χ0n) is 20.1. The van der Waals surface area contributed by atoms with Crippen LogP contribution in [0, 0.1) is 11.8 Å². The first-order chi connectivity index (χ1) is 17.0. The number of anilines is 1. The third-order valence-corrected chi connectivity index (χ3v) is 6.07. The van der Waals surface area contributed by atoms with E-state index in [1.165, 1.54) is 15.1 Å². The number of carbonyl (C=O) groups is 4. The van der Waals surface area contributed by atoms with Crippen LogP contribution < -0.4 is 11.3 Å². The van der Waals surface area contributed by atoms with E-state index in [4.69, 9.17) is 5.73 Å². The molecule has 13 nitrogen and oxygen atoms in total. The molecule has 1 saturated heterocycles. The maximum atomic E-state index is 11.7. The van der Waals surface area contributed by atoms with Gasteiger partial charge in [0.2, 0.25) is 0 Å². The number of hydrogen-bond acceptors (Lipinski definition) is 9. The van der Waals surface area contributed by atoms with E-state index >= 15 is 0 Å². The number of nitrogen functional groups attached to an aromatic ring is 1. The molecular weight excluding hydrogens is 474 g/mol. The summed E-state index contributed by atoms with van der Waals surface area (Å²) in [7, 11) is 0. The van der Waals surface area contributed by atoms with E-state index in [1.807, 2.05) is 0 Å². The molecule has 0 aliphatic carbocycles. The van der Waals surface area contributed by atoms with E-state index in [0.29, 0.717) is 31.4 Å². The van der Waals surface area contributed by atoms with Crippen molar-refractivity contribution in [3.63, 3.8) is 0 Å². The Kier molecular flexibility index (Phi) is 11.5. The van der Waals surface area contributed by atoms with Crippen molar-refractivity contribution in [3.8, 4) is 0 Å². The highest BCUT2D eigenvalue weighted by Gasteiger charge is 2.27. The molecular formula is C23H35N5O8. The van der Waals surface area contributed by atoms with Gasteiger partial charge >= 0.3 is 23.9 Å². The Morgan fingerprint density at radius 1 is 0.778 bits per heavy atom. The SMILES string of the molecule is Nc1ccc(CN2NN(CC(=O)O)CC[C@@H](CC(=O)O)CCC(CC(=O)O)CCN2CC(=O)O)cc1. The molecule has 0 aromatic heterocycles. The van der Waals surface area contributed by atoms with E-state index in [0.717, 1.165) is 5.56 Å². The van der Waals surface area contributed by atoms with Gasteiger partial charge < -0.3 is 26.2 Å². The average molecular weight is 510 g/mol. The fourth-order valence-corrected chi connectivity index (χ4v) is 4.26. The smallest absolute Gasteiger partial charge is 0.319 e. The van der Waals surface area contributed by atoms with Gasteiger partial charge in [-0.15, -0.1) is 0 Å². The minimum absolute atomic E-state index is 0.110. The fraction of sp³-hybridized carbons (Fsp3) is 0.565. The van der Waals surface area contributed by atoms with Crippen LogP contribution in [0.4, 0.5) is 5.69 Å². The van der Waals surface area contributed by atoms with Crippen LogP contribution in [0.25, 0.3) is 0 Å². The second-order valence-electron chi connectivity index (χ2n) is 9.08. The third-order valence-electron chi connectivity index (χ3n) is 6.07. The van der Waals surface area contributed by atoms with Crippen molar-refractivity contribution < 1.29 is 39.6 Å². The number of nitrogens with zero attached hydrogens (tertiary/aromatic N) is 3. The van der Waals surface area contributed by atoms with Crippen LogP contribution in [0.1, 0.15) is 44.1 Å². The van der Waals surface area contributed by atoms with E-state index in [1.54, 1.807) is 24.3 Å². The van der Waals surface area contributed by atoms with Gasteiger partial charge in [0, 0.05) is 31.6 Å². The van der Waals surface area contributed by atoms with E-state index in [2.05, 4.69) is 5.53 Å². The van der Waals surface area contributed by atoms with Crippen molar-refractivity contribution >= 4 is 29.6 Å². The molecule has 1 aliphatic rings. The van der Waals surface area contributed by atoms with Crippen LogP contribution in [0.2, 0.25) is 0 Å². The molecule has 1 aromatic rings. The number of aliphatic carboxylic acids is 4. The average Bonchev–Trinajstić information content (AvgIpc) is 2.76. The van der Waals surface area contributed by atoms with Crippen LogP contribution in [-0.4, -0.2) is 85.6 Å². The van der Waals surface area contributed by atoms with Crippen LogP contribution in [0.3, 0.4) is 0 Å². The first kappa shape index (κ1) is 29.0. The molecule has 200 valence electrons. The largest absolute Gasteiger partial charge is 0.481 e. The number of benzene rings is 1. The summed E-state index contributed by atoms with van der Waals surface area (Å²) in [5.41, 5.74) is 10.1. The fourth-order valence-electron chi connectivity index (χ4n) is 4.26. The topological polar surface area (TPSA) is 197 Å². The number of rotatable bonds is 10. The zero-order chi connectivity index (χ0) is 26.7. The van der Waals surface area contributed by atoms with E-state index in [-0.39, 0.29) is 44.3 Å². The van der Waals surface area contributed by atoms with Crippen molar-refractivity contribution in [1.29, 1.82) is 0 Å². The molecule has 0 saturated carbocycles. The Bertz CT molecular complexity index is 897. The predicted molar refractivity (Wildman–Crippen MR) is 128 cm³/mol. The molecule has 0 bridgehead atoms. The molecule has 1 fully saturated rings. The zero-order valence-corrected chi connectivity index (χ0v) is 20.1.